The van der Waals surface area contributed by atoms with Gasteiger partial charge in [0.15, 0.2) is 5.58 Å². The highest BCUT2D eigenvalue weighted by atomic mass is 79.9. The van der Waals surface area contributed by atoms with Crippen molar-refractivity contribution in [3.05, 3.63) is 29.7 Å². The Bertz CT molecular complexity index is 424. The minimum Gasteiger partial charge on any atom is -0.440 e. The van der Waals surface area contributed by atoms with E-state index in [1.165, 1.54) is 0 Å². The maximum Gasteiger partial charge on any atom is 0.206 e. The molecular formula is C9H9BrN2O. The first kappa shape index (κ1) is 8.72. The van der Waals surface area contributed by atoms with Gasteiger partial charge >= 0.3 is 0 Å². The predicted octanol–water partition coefficient (Wildman–Crippen LogP) is 2.18. The molecule has 0 radical (unpaired) electrons. The summed E-state index contributed by atoms with van der Waals surface area (Å²) < 4.78 is 5.45. The Labute approximate surface area is 84.1 Å². The van der Waals surface area contributed by atoms with Crippen molar-refractivity contribution in [2.75, 3.05) is 0 Å². The van der Waals surface area contributed by atoms with Crippen LogP contribution in [0.15, 0.2) is 22.6 Å². The van der Waals surface area contributed by atoms with E-state index in [9.17, 15) is 0 Å². The van der Waals surface area contributed by atoms with Gasteiger partial charge < -0.3 is 10.2 Å². The normalized spacial score (nSPS) is 10.9. The van der Waals surface area contributed by atoms with Crippen molar-refractivity contribution in [3.8, 4) is 0 Å². The molecule has 2 N–H and O–H groups in total. The van der Waals surface area contributed by atoms with Crippen LogP contribution in [0.25, 0.3) is 11.1 Å². The summed E-state index contributed by atoms with van der Waals surface area (Å²) in [6.07, 6.45) is 0. The minimum absolute atomic E-state index is 0.492. The van der Waals surface area contributed by atoms with Crippen LogP contribution < -0.4 is 5.73 Å². The number of alkyl halides is 1. The molecular weight excluding hydrogens is 232 g/mol. The summed E-state index contributed by atoms with van der Waals surface area (Å²) in [6, 6.07) is 5.78. The standard InChI is InChI=1S/C9H9BrN2O/c10-4-8-12-9-6(5-11)2-1-3-7(9)13-8/h1-3H,4-5,11H2. The Morgan fingerprint density at radius 2 is 2.31 bits per heavy atom. The van der Waals surface area contributed by atoms with Gasteiger partial charge in [0.25, 0.3) is 0 Å². The van der Waals surface area contributed by atoms with Crippen LogP contribution in [-0.4, -0.2) is 4.98 Å². The summed E-state index contributed by atoms with van der Waals surface area (Å²) >= 11 is 3.29. The van der Waals surface area contributed by atoms with Gasteiger partial charge in [-0.25, -0.2) is 4.98 Å². The number of halogens is 1. The number of para-hydroxylation sites is 1. The fourth-order valence-electron chi connectivity index (χ4n) is 1.27. The molecule has 0 aliphatic carbocycles. The third-order valence-electron chi connectivity index (χ3n) is 1.88. The van der Waals surface area contributed by atoms with E-state index in [1.54, 1.807) is 0 Å². The molecule has 0 aliphatic rings. The van der Waals surface area contributed by atoms with Gasteiger partial charge in [-0.3, -0.25) is 0 Å². The Hall–Kier alpha value is -0.870. The largest absolute Gasteiger partial charge is 0.440 e. The molecule has 0 aliphatic heterocycles. The van der Waals surface area contributed by atoms with Gasteiger partial charge in [-0.1, -0.05) is 28.1 Å². The molecule has 13 heavy (non-hydrogen) atoms. The van der Waals surface area contributed by atoms with E-state index in [1.807, 2.05) is 18.2 Å². The first-order valence-corrected chi connectivity index (χ1v) is 5.10. The van der Waals surface area contributed by atoms with Crippen molar-refractivity contribution < 1.29 is 4.42 Å². The fourth-order valence-corrected chi connectivity index (χ4v) is 1.51. The first-order chi connectivity index (χ1) is 6.35. The Morgan fingerprint density at radius 3 is 3.00 bits per heavy atom. The highest BCUT2D eigenvalue weighted by Gasteiger charge is 2.06. The van der Waals surface area contributed by atoms with Crippen molar-refractivity contribution >= 4 is 27.0 Å². The number of aromatic nitrogens is 1. The summed E-state index contributed by atoms with van der Waals surface area (Å²) in [4.78, 5) is 4.31. The summed E-state index contributed by atoms with van der Waals surface area (Å²) in [5.41, 5.74) is 8.27. The van der Waals surface area contributed by atoms with E-state index in [0.717, 1.165) is 16.7 Å². The molecule has 3 nitrogen and oxygen atoms in total. The van der Waals surface area contributed by atoms with Crippen molar-refractivity contribution in [3.63, 3.8) is 0 Å². The van der Waals surface area contributed by atoms with Crippen molar-refractivity contribution in [2.24, 2.45) is 5.73 Å². The van der Waals surface area contributed by atoms with Gasteiger partial charge in [0.05, 0.1) is 5.33 Å². The average Bonchev–Trinajstić information content (AvgIpc) is 2.59. The highest BCUT2D eigenvalue weighted by molar-refractivity contribution is 9.08. The number of benzene rings is 1. The molecule has 0 spiro atoms. The van der Waals surface area contributed by atoms with Crippen LogP contribution in [0, 0.1) is 0 Å². The molecule has 0 fully saturated rings. The van der Waals surface area contributed by atoms with Crippen LogP contribution in [0.1, 0.15) is 11.5 Å². The monoisotopic (exact) mass is 240 g/mol. The number of hydrogen-bond donors (Lipinski definition) is 1. The van der Waals surface area contributed by atoms with Gasteiger partial charge in [0.1, 0.15) is 5.52 Å². The van der Waals surface area contributed by atoms with Crippen molar-refractivity contribution in [2.45, 2.75) is 11.9 Å². The molecule has 2 rings (SSSR count). The molecule has 1 heterocycles. The van der Waals surface area contributed by atoms with E-state index < -0.39 is 0 Å². The van der Waals surface area contributed by atoms with Crippen molar-refractivity contribution in [1.82, 2.24) is 4.98 Å². The molecule has 0 bridgehead atoms. The summed E-state index contributed by atoms with van der Waals surface area (Å²) in [6.45, 7) is 0.492. The average molecular weight is 241 g/mol. The topological polar surface area (TPSA) is 52.0 Å². The zero-order valence-electron chi connectivity index (χ0n) is 6.96. The third-order valence-corrected chi connectivity index (χ3v) is 2.36. The zero-order valence-corrected chi connectivity index (χ0v) is 8.54. The van der Waals surface area contributed by atoms with Gasteiger partial charge in [0.2, 0.25) is 5.89 Å². The molecule has 1 aromatic heterocycles. The molecule has 4 heteroatoms. The van der Waals surface area contributed by atoms with E-state index in [-0.39, 0.29) is 0 Å². The van der Waals surface area contributed by atoms with Crippen LogP contribution in [0.3, 0.4) is 0 Å². The molecule has 0 amide bonds. The first-order valence-electron chi connectivity index (χ1n) is 3.98. The molecule has 2 aromatic rings. The smallest absolute Gasteiger partial charge is 0.206 e. The van der Waals surface area contributed by atoms with Crippen molar-refractivity contribution in [1.29, 1.82) is 0 Å². The second-order valence-electron chi connectivity index (χ2n) is 2.71. The number of hydrogen-bond acceptors (Lipinski definition) is 3. The summed E-state index contributed by atoms with van der Waals surface area (Å²) in [7, 11) is 0. The molecule has 68 valence electrons. The maximum atomic E-state index is 5.57. The van der Waals surface area contributed by atoms with Gasteiger partial charge in [-0.2, -0.15) is 0 Å². The predicted molar refractivity (Wildman–Crippen MR) is 54.5 cm³/mol. The van der Waals surface area contributed by atoms with Crippen LogP contribution >= 0.6 is 15.9 Å². The Kier molecular flexibility index (Phi) is 2.33. The second-order valence-corrected chi connectivity index (χ2v) is 3.27. The lowest BCUT2D eigenvalue weighted by molar-refractivity contribution is 0.557. The number of oxazole rings is 1. The number of rotatable bonds is 2. The highest BCUT2D eigenvalue weighted by Crippen LogP contribution is 2.20. The van der Waals surface area contributed by atoms with E-state index >= 15 is 0 Å². The molecule has 0 saturated heterocycles. The van der Waals surface area contributed by atoms with Gasteiger partial charge in [0, 0.05) is 6.54 Å². The number of nitrogens with zero attached hydrogens (tertiary/aromatic N) is 1. The summed E-state index contributed by atoms with van der Waals surface area (Å²) in [5.74, 6) is 0.691. The van der Waals surface area contributed by atoms with Crippen LogP contribution in [-0.2, 0) is 11.9 Å². The van der Waals surface area contributed by atoms with Crippen LogP contribution in [0.4, 0.5) is 0 Å². The number of nitrogens with two attached hydrogens (primary N) is 1. The molecule has 1 aromatic carbocycles. The lowest BCUT2D eigenvalue weighted by Gasteiger charge is -1.94. The third kappa shape index (κ3) is 1.47. The van der Waals surface area contributed by atoms with E-state index in [4.69, 9.17) is 10.2 Å². The Balaban J connectivity index is 2.67. The van der Waals surface area contributed by atoms with Crippen LogP contribution in [0.5, 0.6) is 0 Å². The SMILES string of the molecule is NCc1cccc2oc(CBr)nc12. The number of fused-ring (bicyclic) bond motifs is 1. The van der Waals surface area contributed by atoms with Gasteiger partial charge in [-0.05, 0) is 11.6 Å². The lowest BCUT2D eigenvalue weighted by Crippen LogP contribution is -1.96. The maximum absolute atomic E-state index is 5.57. The Morgan fingerprint density at radius 1 is 1.46 bits per heavy atom. The van der Waals surface area contributed by atoms with E-state index in [0.29, 0.717) is 17.8 Å². The zero-order chi connectivity index (χ0) is 9.26. The van der Waals surface area contributed by atoms with Gasteiger partial charge in [-0.15, -0.1) is 0 Å². The fraction of sp³-hybridized carbons (Fsp3) is 0.222. The quantitative estimate of drug-likeness (QED) is 0.820. The molecule has 0 atom stereocenters. The van der Waals surface area contributed by atoms with E-state index in [2.05, 4.69) is 20.9 Å². The summed E-state index contributed by atoms with van der Waals surface area (Å²) in [5, 5.41) is 0.631. The van der Waals surface area contributed by atoms with Crippen LogP contribution in [0.2, 0.25) is 0 Å². The second kappa shape index (κ2) is 3.47. The molecule has 0 unspecified atom stereocenters. The minimum atomic E-state index is 0.492. The lowest BCUT2D eigenvalue weighted by atomic mass is 10.2. The molecule has 0 saturated carbocycles.